The minimum absolute atomic E-state index is 0.169. The quantitative estimate of drug-likeness (QED) is 0.819. The Morgan fingerprint density at radius 1 is 1.08 bits per heavy atom. The summed E-state index contributed by atoms with van der Waals surface area (Å²) in [4.78, 5) is 19.8. The zero-order chi connectivity index (χ0) is 17.5. The number of carbonyl (C=O) groups is 1. The minimum atomic E-state index is 0.169. The SMILES string of the molecule is O=C(c1ccc(-c2ccco2)cc1)N(C1CC1)C1CCC2=C(C=NC2)C1. The maximum Gasteiger partial charge on any atom is 0.254 e. The van der Waals surface area contributed by atoms with Crippen LogP contribution in [0.25, 0.3) is 11.3 Å². The molecule has 4 heteroatoms. The second kappa shape index (κ2) is 6.27. The van der Waals surface area contributed by atoms with Gasteiger partial charge in [0.25, 0.3) is 5.91 Å². The Kier molecular flexibility index (Phi) is 3.77. The van der Waals surface area contributed by atoms with Crippen LogP contribution in [0, 0.1) is 0 Å². The molecule has 1 amide bonds. The summed E-state index contributed by atoms with van der Waals surface area (Å²) in [6, 6.07) is 12.3. The molecule has 0 spiro atoms. The van der Waals surface area contributed by atoms with Gasteiger partial charge in [0.2, 0.25) is 0 Å². The summed E-state index contributed by atoms with van der Waals surface area (Å²) >= 11 is 0. The number of benzene rings is 1. The van der Waals surface area contributed by atoms with Crippen molar-refractivity contribution in [2.75, 3.05) is 6.54 Å². The second-order valence-electron chi connectivity index (χ2n) is 7.49. The summed E-state index contributed by atoms with van der Waals surface area (Å²) in [5.41, 5.74) is 4.62. The summed E-state index contributed by atoms with van der Waals surface area (Å²) in [5, 5.41) is 0. The van der Waals surface area contributed by atoms with E-state index in [4.69, 9.17) is 4.42 Å². The molecule has 132 valence electrons. The van der Waals surface area contributed by atoms with E-state index < -0.39 is 0 Å². The number of hydrogen-bond acceptors (Lipinski definition) is 3. The Bertz CT molecular complexity index is 873. The largest absolute Gasteiger partial charge is 0.464 e. The van der Waals surface area contributed by atoms with Crippen molar-refractivity contribution in [1.29, 1.82) is 0 Å². The van der Waals surface area contributed by atoms with Crippen molar-refractivity contribution in [3.05, 3.63) is 59.4 Å². The van der Waals surface area contributed by atoms with Gasteiger partial charge in [-0.3, -0.25) is 9.79 Å². The van der Waals surface area contributed by atoms with Gasteiger partial charge >= 0.3 is 0 Å². The first-order valence-corrected chi connectivity index (χ1v) is 9.47. The normalized spacial score (nSPS) is 21.8. The Labute approximate surface area is 153 Å². The van der Waals surface area contributed by atoms with Crippen LogP contribution in [0.2, 0.25) is 0 Å². The summed E-state index contributed by atoms with van der Waals surface area (Å²) in [6.45, 7) is 0.869. The van der Waals surface area contributed by atoms with Crippen molar-refractivity contribution in [3.8, 4) is 11.3 Å². The lowest BCUT2D eigenvalue weighted by Gasteiger charge is -2.35. The minimum Gasteiger partial charge on any atom is -0.464 e. The van der Waals surface area contributed by atoms with Crippen LogP contribution in [-0.4, -0.2) is 35.7 Å². The van der Waals surface area contributed by atoms with Gasteiger partial charge in [-0.15, -0.1) is 0 Å². The molecule has 4 nitrogen and oxygen atoms in total. The lowest BCUT2D eigenvalue weighted by Crippen LogP contribution is -2.43. The van der Waals surface area contributed by atoms with Crippen molar-refractivity contribution in [2.24, 2.45) is 4.99 Å². The molecule has 1 aromatic heterocycles. The molecule has 2 aromatic rings. The molecular weight excluding hydrogens is 324 g/mol. The average molecular weight is 346 g/mol. The van der Waals surface area contributed by atoms with Crippen LogP contribution >= 0.6 is 0 Å². The third-order valence-corrected chi connectivity index (χ3v) is 5.72. The smallest absolute Gasteiger partial charge is 0.254 e. The fourth-order valence-corrected chi connectivity index (χ4v) is 4.18. The summed E-state index contributed by atoms with van der Waals surface area (Å²) in [7, 11) is 0. The molecule has 1 aliphatic heterocycles. The van der Waals surface area contributed by atoms with E-state index in [9.17, 15) is 4.79 Å². The maximum atomic E-state index is 13.3. The molecule has 2 heterocycles. The van der Waals surface area contributed by atoms with E-state index in [1.54, 1.807) is 6.26 Å². The summed E-state index contributed by atoms with van der Waals surface area (Å²) in [5.74, 6) is 0.998. The number of aliphatic imine (C=N–C) groups is 1. The average Bonchev–Trinajstić information content (AvgIpc) is 3.17. The first-order chi connectivity index (χ1) is 12.8. The second-order valence-corrected chi connectivity index (χ2v) is 7.49. The number of carbonyl (C=O) groups excluding carboxylic acids is 1. The van der Waals surface area contributed by atoms with Gasteiger partial charge in [0.1, 0.15) is 5.76 Å². The highest BCUT2D eigenvalue weighted by Crippen LogP contribution is 2.37. The van der Waals surface area contributed by atoms with Gasteiger partial charge < -0.3 is 9.32 Å². The van der Waals surface area contributed by atoms with Gasteiger partial charge in [0.05, 0.1) is 12.8 Å². The molecule has 26 heavy (non-hydrogen) atoms. The van der Waals surface area contributed by atoms with E-state index in [0.717, 1.165) is 55.5 Å². The van der Waals surface area contributed by atoms with E-state index in [0.29, 0.717) is 12.1 Å². The topological polar surface area (TPSA) is 45.8 Å². The molecule has 1 aromatic carbocycles. The molecule has 5 rings (SSSR count). The van der Waals surface area contributed by atoms with E-state index in [2.05, 4.69) is 9.89 Å². The van der Waals surface area contributed by atoms with Crippen molar-refractivity contribution < 1.29 is 9.21 Å². The van der Waals surface area contributed by atoms with Gasteiger partial charge in [-0.05, 0) is 67.5 Å². The lowest BCUT2D eigenvalue weighted by atomic mass is 9.88. The molecular formula is C22H22N2O2. The molecule has 1 atom stereocenters. The van der Waals surface area contributed by atoms with E-state index in [1.165, 1.54) is 11.1 Å². The van der Waals surface area contributed by atoms with Crippen LogP contribution in [0.4, 0.5) is 0 Å². The molecule has 1 fully saturated rings. The molecule has 1 unspecified atom stereocenters. The number of hydrogen-bond donors (Lipinski definition) is 0. The number of furan rings is 1. The molecule has 3 aliphatic rings. The molecule has 0 radical (unpaired) electrons. The lowest BCUT2D eigenvalue weighted by molar-refractivity contribution is 0.0645. The zero-order valence-electron chi connectivity index (χ0n) is 14.7. The van der Waals surface area contributed by atoms with Crippen LogP contribution in [0.15, 0.2) is 63.2 Å². The number of amides is 1. The Morgan fingerprint density at radius 2 is 1.92 bits per heavy atom. The van der Waals surface area contributed by atoms with Crippen molar-refractivity contribution in [3.63, 3.8) is 0 Å². The molecule has 1 saturated carbocycles. The zero-order valence-corrected chi connectivity index (χ0v) is 14.7. The highest BCUT2D eigenvalue weighted by Gasteiger charge is 2.39. The first-order valence-electron chi connectivity index (χ1n) is 9.47. The van der Waals surface area contributed by atoms with Gasteiger partial charge in [-0.2, -0.15) is 0 Å². The fraction of sp³-hybridized carbons (Fsp3) is 0.364. The van der Waals surface area contributed by atoms with Crippen LogP contribution in [0.3, 0.4) is 0 Å². The third-order valence-electron chi connectivity index (χ3n) is 5.72. The Hall–Kier alpha value is -2.62. The standard InChI is InChI=1S/C22H22N2O2/c25-22(16-5-3-15(4-6-16)21-2-1-11-26-21)24(19-9-10-19)20-8-7-17-13-23-14-18(17)12-20/h1-6,11,14,19-20H,7-10,12-13H2. The van der Waals surface area contributed by atoms with Crippen LogP contribution in [-0.2, 0) is 0 Å². The molecule has 0 N–H and O–H groups in total. The number of nitrogens with zero attached hydrogens (tertiary/aromatic N) is 2. The first kappa shape index (κ1) is 15.6. The molecule has 0 bridgehead atoms. The van der Waals surface area contributed by atoms with Crippen molar-refractivity contribution in [2.45, 2.75) is 44.2 Å². The maximum absolute atomic E-state index is 13.3. The van der Waals surface area contributed by atoms with Crippen LogP contribution in [0.1, 0.15) is 42.5 Å². The van der Waals surface area contributed by atoms with Gasteiger partial charge in [0, 0.05) is 29.4 Å². The summed E-state index contributed by atoms with van der Waals surface area (Å²) < 4.78 is 5.44. The van der Waals surface area contributed by atoms with Crippen LogP contribution in [0.5, 0.6) is 0 Å². The Balaban J connectivity index is 1.38. The number of rotatable bonds is 4. The molecule has 2 aliphatic carbocycles. The van der Waals surface area contributed by atoms with Crippen molar-refractivity contribution >= 4 is 12.1 Å². The van der Waals surface area contributed by atoms with Gasteiger partial charge in [-0.25, -0.2) is 0 Å². The van der Waals surface area contributed by atoms with Gasteiger partial charge in [-0.1, -0.05) is 12.1 Å². The highest BCUT2D eigenvalue weighted by molar-refractivity contribution is 5.95. The molecule has 0 saturated heterocycles. The fourth-order valence-electron chi connectivity index (χ4n) is 4.18. The monoisotopic (exact) mass is 346 g/mol. The highest BCUT2D eigenvalue weighted by atomic mass is 16.3. The van der Waals surface area contributed by atoms with E-state index in [-0.39, 0.29) is 5.91 Å². The van der Waals surface area contributed by atoms with E-state index in [1.807, 2.05) is 42.6 Å². The van der Waals surface area contributed by atoms with E-state index >= 15 is 0 Å². The Morgan fingerprint density at radius 3 is 2.65 bits per heavy atom. The van der Waals surface area contributed by atoms with Crippen LogP contribution < -0.4 is 0 Å². The van der Waals surface area contributed by atoms with Crippen molar-refractivity contribution in [1.82, 2.24) is 4.90 Å². The van der Waals surface area contributed by atoms with Gasteiger partial charge in [0.15, 0.2) is 0 Å². The third kappa shape index (κ3) is 2.79. The predicted octanol–water partition coefficient (Wildman–Crippen LogP) is 4.48. The summed E-state index contributed by atoms with van der Waals surface area (Å²) in [6.07, 6.45) is 9.06. The predicted molar refractivity (Wildman–Crippen MR) is 101 cm³/mol.